The van der Waals surface area contributed by atoms with E-state index < -0.39 is 11.0 Å². The first-order valence-electron chi connectivity index (χ1n) is 6.33. The third-order valence-corrected chi connectivity index (χ3v) is 3.65. The molecule has 1 saturated heterocycles. The molecule has 1 atom stereocenters. The number of hydrogen-bond donors (Lipinski definition) is 0. The highest BCUT2D eigenvalue weighted by Gasteiger charge is 2.33. The number of carbonyl (C=O) groups excluding carboxylic acids is 1. The Kier molecular flexibility index (Phi) is 4.44. The minimum atomic E-state index is -0.482. The number of halogens is 1. The summed E-state index contributed by atoms with van der Waals surface area (Å²) in [7, 11) is 1.32. The second kappa shape index (κ2) is 6.09. The van der Waals surface area contributed by atoms with Crippen molar-refractivity contribution in [1.29, 1.82) is 0 Å². The maximum Gasteiger partial charge on any atom is 0.328 e. The molecule has 1 aromatic carbocycles. The lowest BCUT2D eigenvalue weighted by Gasteiger charge is -2.35. The number of benzene rings is 1. The van der Waals surface area contributed by atoms with Crippen LogP contribution in [0.2, 0.25) is 5.02 Å². The zero-order valence-electron chi connectivity index (χ0n) is 11.0. The summed E-state index contributed by atoms with van der Waals surface area (Å²) >= 11 is 5.81. The maximum atomic E-state index is 11.8. The minimum absolute atomic E-state index is 0.0895. The van der Waals surface area contributed by atoms with Crippen molar-refractivity contribution >= 4 is 28.9 Å². The largest absolute Gasteiger partial charge is 0.467 e. The van der Waals surface area contributed by atoms with E-state index in [-0.39, 0.29) is 11.7 Å². The molecule has 1 aromatic rings. The van der Waals surface area contributed by atoms with Gasteiger partial charge in [0, 0.05) is 17.6 Å². The molecule has 2 rings (SSSR count). The number of esters is 1. The zero-order chi connectivity index (χ0) is 14.7. The predicted molar refractivity (Wildman–Crippen MR) is 75.1 cm³/mol. The fourth-order valence-electron chi connectivity index (χ4n) is 2.49. The van der Waals surface area contributed by atoms with Gasteiger partial charge in [-0.05, 0) is 31.4 Å². The van der Waals surface area contributed by atoms with E-state index in [0.29, 0.717) is 23.7 Å². The second-order valence-electron chi connectivity index (χ2n) is 4.62. The van der Waals surface area contributed by atoms with Crippen molar-refractivity contribution in [1.82, 2.24) is 0 Å². The number of carbonyl (C=O) groups is 1. The minimum Gasteiger partial charge on any atom is -0.467 e. The molecule has 1 unspecified atom stereocenters. The van der Waals surface area contributed by atoms with Crippen molar-refractivity contribution in [3.8, 4) is 0 Å². The van der Waals surface area contributed by atoms with Gasteiger partial charge in [0.25, 0.3) is 5.69 Å². The summed E-state index contributed by atoms with van der Waals surface area (Å²) < 4.78 is 4.79. The van der Waals surface area contributed by atoms with E-state index >= 15 is 0 Å². The molecule has 0 saturated carbocycles. The molecule has 1 fully saturated rings. The van der Waals surface area contributed by atoms with Crippen LogP contribution in [0, 0.1) is 10.1 Å². The van der Waals surface area contributed by atoms with E-state index in [1.165, 1.54) is 13.2 Å². The van der Waals surface area contributed by atoms with Gasteiger partial charge in [0.2, 0.25) is 0 Å². The van der Waals surface area contributed by atoms with Gasteiger partial charge in [-0.3, -0.25) is 10.1 Å². The molecule has 7 heteroatoms. The Morgan fingerprint density at radius 1 is 1.50 bits per heavy atom. The van der Waals surface area contributed by atoms with Crippen molar-refractivity contribution in [2.45, 2.75) is 25.3 Å². The monoisotopic (exact) mass is 298 g/mol. The van der Waals surface area contributed by atoms with Gasteiger partial charge in [-0.2, -0.15) is 0 Å². The molecule has 0 bridgehead atoms. The normalized spacial score (nSPS) is 18.7. The van der Waals surface area contributed by atoms with Gasteiger partial charge in [0.1, 0.15) is 11.7 Å². The number of hydrogen-bond acceptors (Lipinski definition) is 5. The first kappa shape index (κ1) is 14.6. The van der Waals surface area contributed by atoms with Crippen LogP contribution < -0.4 is 4.90 Å². The average molecular weight is 299 g/mol. The zero-order valence-corrected chi connectivity index (χ0v) is 11.8. The fourth-order valence-corrected chi connectivity index (χ4v) is 2.65. The first-order chi connectivity index (χ1) is 9.54. The molecule has 108 valence electrons. The quantitative estimate of drug-likeness (QED) is 0.487. The van der Waals surface area contributed by atoms with Crippen molar-refractivity contribution in [2.24, 2.45) is 0 Å². The Morgan fingerprint density at radius 2 is 2.25 bits per heavy atom. The fraction of sp³-hybridized carbons (Fsp3) is 0.462. The molecule has 0 radical (unpaired) electrons. The van der Waals surface area contributed by atoms with Gasteiger partial charge in [-0.15, -0.1) is 0 Å². The predicted octanol–water partition coefficient (Wildman–Crippen LogP) is 2.78. The molecular weight excluding hydrogens is 284 g/mol. The van der Waals surface area contributed by atoms with Crippen LogP contribution in [0.1, 0.15) is 19.3 Å². The number of nitrogens with zero attached hydrogens (tertiary/aromatic N) is 2. The molecule has 1 aliphatic rings. The van der Waals surface area contributed by atoms with Gasteiger partial charge in [-0.25, -0.2) is 4.79 Å². The van der Waals surface area contributed by atoms with Crippen molar-refractivity contribution in [3.05, 3.63) is 33.3 Å². The Hall–Kier alpha value is -1.82. The summed E-state index contributed by atoms with van der Waals surface area (Å²) in [5.74, 6) is -0.367. The summed E-state index contributed by atoms with van der Waals surface area (Å²) in [5.41, 5.74) is 0.322. The van der Waals surface area contributed by atoms with Crippen molar-refractivity contribution in [3.63, 3.8) is 0 Å². The highest BCUT2D eigenvalue weighted by Crippen LogP contribution is 2.35. The lowest BCUT2D eigenvalue weighted by atomic mass is 10.0. The number of nitro benzene ring substituents is 1. The van der Waals surface area contributed by atoms with Crippen LogP contribution in [0.5, 0.6) is 0 Å². The van der Waals surface area contributed by atoms with Gasteiger partial charge >= 0.3 is 5.97 Å². The Morgan fingerprint density at radius 3 is 2.90 bits per heavy atom. The first-order valence-corrected chi connectivity index (χ1v) is 6.71. The molecule has 0 spiro atoms. The van der Waals surface area contributed by atoms with Gasteiger partial charge in [0.05, 0.1) is 12.0 Å². The summed E-state index contributed by atoms with van der Waals surface area (Å²) in [6, 6.07) is 4.00. The van der Waals surface area contributed by atoms with E-state index in [4.69, 9.17) is 16.3 Å². The number of ether oxygens (including phenoxy) is 1. The molecule has 0 aromatic heterocycles. The maximum absolute atomic E-state index is 11.8. The Bertz CT molecular complexity index is 535. The molecule has 0 amide bonds. The third-order valence-electron chi connectivity index (χ3n) is 3.42. The second-order valence-corrected chi connectivity index (χ2v) is 5.05. The van der Waals surface area contributed by atoms with Crippen molar-refractivity contribution in [2.75, 3.05) is 18.6 Å². The van der Waals surface area contributed by atoms with Crippen LogP contribution in [0.15, 0.2) is 18.2 Å². The summed E-state index contributed by atoms with van der Waals surface area (Å²) in [4.78, 5) is 24.3. The number of piperidine rings is 1. The average Bonchev–Trinajstić information content (AvgIpc) is 2.46. The number of rotatable bonds is 3. The lowest BCUT2D eigenvalue weighted by molar-refractivity contribution is -0.384. The summed E-state index contributed by atoms with van der Waals surface area (Å²) in [5, 5.41) is 11.5. The van der Waals surface area contributed by atoms with Gasteiger partial charge in [0.15, 0.2) is 0 Å². The Balaban J connectivity index is 2.42. The Labute approximate surface area is 121 Å². The van der Waals surface area contributed by atoms with E-state index in [2.05, 4.69) is 0 Å². The molecule has 0 N–H and O–H groups in total. The molecule has 1 heterocycles. The third kappa shape index (κ3) is 2.85. The van der Waals surface area contributed by atoms with Gasteiger partial charge < -0.3 is 9.64 Å². The SMILES string of the molecule is COC(=O)C1CCCCN1c1ccc(Cl)cc1[N+](=O)[O-]. The number of methoxy groups -OCH3 is 1. The van der Waals surface area contributed by atoms with Crippen LogP contribution in [-0.2, 0) is 9.53 Å². The van der Waals surface area contributed by atoms with Crippen LogP contribution in [-0.4, -0.2) is 30.6 Å². The molecular formula is C13H15ClN2O4. The molecule has 6 nitrogen and oxygen atoms in total. The van der Waals surface area contributed by atoms with Gasteiger partial charge in [-0.1, -0.05) is 11.6 Å². The molecule has 0 aliphatic carbocycles. The molecule has 1 aliphatic heterocycles. The van der Waals surface area contributed by atoms with Crippen LogP contribution in [0.3, 0.4) is 0 Å². The smallest absolute Gasteiger partial charge is 0.328 e. The molecule has 20 heavy (non-hydrogen) atoms. The van der Waals surface area contributed by atoms with Crippen LogP contribution in [0.4, 0.5) is 11.4 Å². The summed E-state index contributed by atoms with van der Waals surface area (Å²) in [6.45, 7) is 0.586. The highest BCUT2D eigenvalue weighted by molar-refractivity contribution is 6.30. The van der Waals surface area contributed by atoms with E-state index in [1.54, 1.807) is 17.0 Å². The van der Waals surface area contributed by atoms with Crippen LogP contribution >= 0.6 is 11.6 Å². The number of nitro groups is 1. The van der Waals surface area contributed by atoms with E-state index in [0.717, 1.165) is 12.8 Å². The standard InChI is InChI=1S/C13H15ClN2O4/c1-20-13(17)11-4-2-3-7-15(11)10-6-5-9(14)8-12(10)16(18)19/h5-6,8,11H,2-4,7H2,1H3. The topological polar surface area (TPSA) is 72.7 Å². The summed E-state index contributed by atoms with van der Waals surface area (Å²) in [6.07, 6.45) is 2.41. The van der Waals surface area contributed by atoms with E-state index in [1.807, 2.05) is 0 Å². The number of anilines is 1. The van der Waals surface area contributed by atoms with Crippen molar-refractivity contribution < 1.29 is 14.5 Å². The van der Waals surface area contributed by atoms with E-state index in [9.17, 15) is 14.9 Å². The lowest BCUT2D eigenvalue weighted by Crippen LogP contribution is -2.45. The highest BCUT2D eigenvalue weighted by atomic mass is 35.5. The van der Waals surface area contributed by atoms with Crippen LogP contribution in [0.25, 0.3) is 0 Å².